The third kappa shape index (κ3) is 3.45. The minimum absolute atomic E-state index is 0.0256. The van der Waals surface area contributed by atoms with Crippen LogP contribution in [0.5, 0.6) is 5.75 Å². The molecule has 2 aromatic carbocycles. The highest BCUT2D eigenvalue weighted by molar-refractivity contribution is 6.34. The van der Waals surface area contributed by atoms with Gasteiger partial charge in [0.15, 0.2) is 0 Å². The molecule has 0 bridgehead atoms. The quantitative estimate of drug-likeness (QED) is 0.810. The van der Waals surface area contributed by atoms with Gasteiger partial charge in [-0.2, -0.15) is 0 Å². The molecule has 0 aliphatic carbocycles. The zero-order chi connectivity index (χ0) is 15.6. The summed E-state index contributed by atoms with van der Waals surface area (Å²) >= 11 is 11.7. The molecule has 0 fully saturated rings. The minimum atomic E-state index is -0.662. The molecule has 21 heavy (non-hydrogen) atoms. The number of hydrogen-bond acceptors (Lipinski definition) is 3. The third-order valence-corrected chi connectivity index (χ3v) is 3.24. The first kappa shape index (κ1) is 15.2. The molecule has 0 saturated heterocycles. The summed E-state index contributed by atoms with van der Waals surface area (Å²) in [5.41, 5.74) is 5.67. The normalized spacial score (nSPS) is 10.2. The van der Waals surface area contributed by atoms with Crippen molar-refractivity contribution in [2.45, 2.75) is 0 Å². The summed E-state index contributed by atoms with van der Waals surface area (Å²) in [5, 5.41) is 12.6. The molecule has 2 rings (SSSR count). The van der Waals surface area contributed by atoms with E-state index in [4.69, 9.17) is 28.9 Å². The lowest BCUT2D eigenvalue weighted by Gasteiger charge is -2.08. The van der Waals surface area contributed by atoms with Gasteiger partial charge in [0.05, 0.1) is 16.1 Å². The number of amides is 2. The standard InChI is InChI=1S/C14H10Cl2N2O3/c15-7-1-4-12(19)10(5-7)14(21)18-8-2-3-9(13(17)20)11(16)6-8/h1-6,19H,(H2,17,20)(H,18,21). The highest BCUT2D eigenvalue weighted by atomic mass is 35.5. The Bertz CT molecular complexity index is 732. The van der Waals surface area contributed by atoms with Gasteiger partial charge >= 0.3 is 0 Å². The lowest BCUT2D eigenvalue weighted by molar-refractivity contribution is 0.0998. The van der Waals surface area contributed by atoms with Gasteiger partial charge in [0.2, 0.25) is 5.91 Å². The Hall–Kier alpha value is -2.24. The van der Waals surface area contributed by atoms with Crippen molar-refractivity contribution < 1.29 is 14.7 Å². The van der Waals surface area contributed by atoms with Crippen LogP contribution in [0.15, 0.2) is 36.4 Å². The molecule has 0 aliphatic heterocycles. The topological polar surface area (TPSA) is 92.4 Å². The Balaban J connectivity index is 2.26. The van der Waals surface area contributed by atoms with Crippen molar-refractivity contribution in [3.8, 4) is 5.75 Å². The van der Waals surface area contributed by atoms with Crippen molar-refractivity contribution in [2.75, 3.05) is 5.32 Å². The van der Waals surface area contributed by atoms with Crippen LogP contribution in [0.3, 0.4) is 0 Å². The van der Waals surface area contributed by atoms with E-state index < -0.39 is 11.8 Å². The maximum atomic E-state index is 12.1. The van der Waals surface area contributed by atoms with Gasteiger partial charge in [-0.25, -0.2) is 0 Å². The Morgan fingerprint density at radius 1 is 1.05 bits per heavy atom. The van der Waals surface area contributed by atoms with Crippen LogP contribution in [-0.4, -0.2) is 16.9 Å². The lowest BCUT2D eigenvalue weighted by Crippen LogP contribution is -2.14. The highest BCUT2D eigenvalue weighted by Gasteiger charge is 2.13. The fourth-order valence-electron chi connectivity index (χ4n) is 1.68. The summed E-state index contributed by atoms with van der Waals surface area (Å²) in [4.78, 5) is 23.1. The monoisotopic (exact) mass is 324 g/mol. The van der Waals surface area contributed by atoms with Gasteiger partial charge in [-0.1, -0.05) is 23.2 Å². The lowest BCUT2D eigenvalue weighted by atomic mass is 10.1. The molecule has 7 heteroatoms. The number of nitrogens with two attached hydrogens (primary N) is 1. The molecule has 0 radical (unpaired) electrons. The molecule has 4 N–H and O–H groups in total. The maximum Gasteiger partial charge on any atom is 0.259 e. The summed E-state index contributed by atoms with van der Waals surface area (Å²) < 4.78 is 0. The number of halogens is 2. The molecular weight excluding hydrogens is 315 g/mol. The van der Waals surface area contributed by atoms with Gasteiger partial charge in [-0.15, -0.1) is 0 Å². The van der Waals surface area contributed by atoms with E-state index >= 15 is 0 Å². The first-order valence-corrected chi connectivity index (χ1v) is 6.53. The Kier molecular flexibility index (Phi) is 4.35. The molecule has 5 nitrogen and oxygen atoms in total. The number of benzene rings is 2. The van der Waals surface area contributed by atoms with Crippen LogP contribution in [0.25, 0.3) is 0 Å². The molecule has 2 aromatic rings. The molecule has 0 atom stereocenters. The van der Waals surface area contributed by atoms with Crippen molar-refractivity contribution in [1.29, 1.82) is 0 Å². The van der Waals surface area contributed by atoms with Crippen molar-refractivity contribution in [3.63, 3.8) is 0 Å². The van der Waals surface area contributed by atoms with Gasteiger partial charge in [-0.3, -0.25) is 9.59 Å². The van der Waals surface area contributed by atoms with Crippen LogP contribution in [0.2, 0.25) is 10.0 Å². The van der Waals surface area contributed by atoms with E-state index in [1.807, 2.05) is 0 Å². The van der Waals surface area contributed by atoms with Gasteiger partial charge in [0.25, 0.3) is 5.91 Å². The van der Waals surface area contributed by atoms with E-state index in [0.717, 1.165) is 0 Å². The number of aromatic hydroxyl groups is 1. The molecule has 2 amide bonds. The molecule has 0 aromatic heterocycles. The number of phenolic OH excluding ortho intramolecular Hbond substituents is 1. The van der Waals surface area contributed by atoms with E-state index in [2.05, 4.69) is 5.32 Å². The van der Waals surface area contributed by atoms with Gasteiger partial charge in [-0.05, 0) is 36.4 Å². The van der Waals surface area contributed by atoms with E-state index in [-0.39, 0.29) is 21.9 Å². The zero-order valence-corrected chi connectivity index (χ0v) is 12.1. The van der Waals surface area contributed by atoms with Crippen LogP contribution < -0.4 is 11.1 Å². The van der Waals surface area contributed by atoms with Crippen molar-refractivity contribution in [2.24, 2.45) is 5.73 Å². The molecule has 0 spiro atoms. The molecule has 0 aliphatic rings. The third-order valence-electron chi connectivity index (χ3n) is 2.70. The number of primary amides is 1. The van der Waals surface area contributed by atoms with E-state index in [0.29, 0.717) is 10.7 Å². The largest absolute Gasteiger partial charge is 0.507 e. The molecule has 0 heterocycles. The average molecular weight is 325 g/mol. The van der Waals surface area contributed by atoms with Crippen molar-refractivity contribution in [3.05, 3.63) is 57.6 Å². The van der Waals surface area contributed by atoms with Gasteiger partial charge < -0.3 is 16.2 Å². The van der Waals surface area contributed by atoms with Crippen LogP contribution in [-0.2, 0) is 0 Å². The van der Waals surface area contributed by atoms with Crippen LogP contribution in [0.4, 0.5) is 5.69 Å². The SMILES string of the molecule is NC(=O)c1ccc(NC(=O)c2cc(Cl)ccc2O)cc1Cl. The molecule has 0 unspecified atom stereocenters. The number of carbonyl (C=O) groups excluding carboxylic acids is 2. The molecule has 108 valence electrons. The van der Waals surface area contributed by atoms with Crippen molar-refractivity contribution in [1.82, 2.24) is 0 Å². The number of nitrogens with one attached hydrogen (secondary N) is 1. The second-order valence-corrected chi connectivity index (χ2v) is 5.02. The fourth-order valence-corrected chi connectivity index (χ4v) is 2.13. The van der Waals surface area contributed by atoms with Gasteiger partial charge in [0.1, 0.15) is 5.75 Å². The van der Waals surface area contributed by atoms with E-state index in [9.17, 15) is 14.7 Å². The van der Waals surface area contributed by atoms with Crippen LogP contribution >= 0.6 is 23.2 Å². The number of phenols is 1. The number of carbonyl (C=O) groups is 2. The Morgan fingerprint density at radius 2 is 1.76 bits per heavy atom. The minimum Gasteiger partial charge on any atom is -0.507 e. The fraction of sp³-hybridized carbons (Fsp3) is 0. The number of rotatable bonds is 3. The van der Waals surface area contributed by atoms with Gasteiger partial charge in [0, 0.05) is 10.7 Å². The number of anilines is 1. The molecule has 0 saturated carbocycles. The van der Waals surface area contributed by atoms with Crippen LogP contribution in [0, 0.1) is 0 Å². The van der Waals surface area contributed by atoms with E-state index in [1.54, 1.807) is 0 Å². The summed E-state index contributed by atoms with van der Waals surface area (Å²) in [6, 6.07) is 8.39. The smallest absolute Gasteiger partial charge is 0.259 e. The van der Waals surface area contributed by atoms with Crippen LogP contribution in [0.1, 0.15) is 20.7 Å². The zero-order valence-electron chi connectivity index (χ0n) is 10.6. The van der Waals surface area contributed by atoms with Crippen molar-refractivity contribution >= 4 is 40.7 Å². The highest BCUT2D eigenvalue weighted by Crippen LogP contribution is 2.24. The number of hydrogen-bond donors (Lipinski definition) is 3. The first-order valence-electron chi connectivity index (χ1n) is 5.77. The summed E-state index contributed by atoms with van der Waals surface area (Å²) in [6.45, 7) is 0. The molecular formula is C14H10Cl2N2O3. The Labute approximate surface area is 130 Å². The predicted octanol–water partition coefficient (Wildman–Crippen LogP) is 3.05. The second kappa shape index (κ2) is 6.03. The maximum absolute atomic E-state index is 12.1. The first-order chi connectivity index (χ1) is 9.88. The van der Waals surface area contributed by atoms with E-state index in [1.165, 1.54) is 36.4 Å². The Morgan fingerprint density at radius 3 is 2.38 bits per heavy atom. The second-order valence-electron chi connectivity index (χ2n) is 4.17. The average Bonchev–Trinajstić information content (AvgIpc) is 2.41. The summed E-state index contributed by atoms with van der Waals surface area (Å²) in [5.74, 6) is -1.42. The summed E-state index contributed by atoms with van der Waals surface area (Å²) in [7, 11) is 0. The summed E-state index contributed by atoms with van der Waals surface area (Å²) in [6.07, 6.45) is 0. The predicted molar refractivity (Wildman–Crippen MR) is 81.0 cm³/mol.